The Balaban J connectivity index is 1.49. The van der Waals surface area contributed by atoms with Crippen LogP contribution in [0.4, 0.5) is 4.79 Å². The highest BCUT2D eigenvalue weighted by atomic mass is 35.5. The largest absolute Gasteiger partial charge is 0.441 e. The maximum atomic E-state index is 12.4. The van der Waals surface area contributed by atoms with Crippen molar-refractivity contribution in [2.45, 2.75) is 64.0 Å². The van der Waals surface area contributed by atoms with Crippen molar-refractivity contribution in [2.75, 3.05) is 19.6 Å². The van der Waals surface area contributed by atoms with E-state index in [1.165, 1.54) is 0 Å². The summed E-state index contributed by atoms with van der Waals surface area (Å²) in [6.45, 7) is 6.03. The van der Waals surface area contributed by atoms with Crippen molar-refractivity contribution >= 4 is 23.6 Å². The van der Waals surface area contributed by atoms with Crippen molar-refractivity contribution in [2.24, 2.45) is 0 Å². The molecule has 1 atom stereocenters. The summed E-state index contributed by atoms with van der Waals surface area (Å²) >= 11 is 5.66. The molecule has 0 bridgehead atoms. The Morgan fingerprint density at radius 2 is 2.15 bits per heavy atom. The van der Waals surface area contributed by atoms with Crippen LogP contribution < -0.4 is 0 Å². The van der Waals surface area contributed by atoms with Gasteiger partial charge in [0, 0.05) is 44.8 Å². The number of nitrogens with one attached hydrogen (secondary N) is 1. The van der Waals surface area contributed by atoms with Gasteiger partial charge < -0.3 is 14.5 Å². The Morgan fingerprint density at radius 3 is 2.77 bits per heavy atom. The van der Waals surface area contributed by atoms with Crippen molar-refractivity contribution in [1.29, 1.82) is 0 Å². The minimum atomic E-state index is -0.436. The van der Waals surface area contributed by atoms with Gasteiger partial charge in [0.2, 0.25) is 11.2 Å². The van der Waals surface area contributed by atoms with Gasteiger partial charge in [0.1, 0.15) is 11.4 Å². The fourth-order valence-electron chi connectivity index (χ4n) is 3.75. The maximum Gasteiger partial charge on any atom is 0.410 e. The molecule has 0 unspecified atom stereocenters. The molecule has 1 aromatic rings. The lowest BCUT2D eigenvalue weighted by molar-refractivity contribution is -0.134. The van der Waals surface area contributed by atoms with Crippen LogP contribution in [0.1, 0.15) is 51.8 Å². The maximum absolute atomic E-state index is 12.4. The fraction of sp³-hybridized carbons (Fsp3) is 0.765. The van der Waals surface area contributed by atoms with Crippen LogP contribution >= 0.6 is 11.6 Å². The Morgan fingerprint density at radius 1 is 1.42 bits per heavy atom. The molecule has 0 saturated carbocycles. The molecule has 3 heterocycles. The molecule has 144 valence electrons. The number of nitrogens with zero attached hydrogens (tertiary/aromatic N) is 4. The van der Waals surface area contributed by atoms with Gasteiger partial charge in [0.05, 0.1) is 6.54 Å². The second-order valence-electron chi connectivity index (χ2n) is 7.25. The molecular weight excluding hydrogens is 358 g/mol. The van der Waals surface area contributed by atoms with E-state index in [1.807, 2.05) is 9.80 Å². The third-order valence-electron chi connectivity index (χ3n) is 5.34. The smallest absolute Gasteiger partial charge is 0.410 e. The van der Waals surface area contributed by atoms with Crippen LogP contribution in [-0.2, 0) is 16.0 Å². The molecule has 1 N–H and O–H groups in total. The first-order chi connectivity index (χ1) is 12.4. The van der Waals surface area contributed by atoms with Crippen LogP contribution in [-0.4, -0.2) is 68.3 Å². The highest BCUT2D eigenvalue weighted by molar-refractivity contribution is 6.28. The van der Waals surface area contributed by atoms with E-state index in [2.05, 4.69) is 29.0 Å². The number of H-pyrrole nitrogens is 1. The number of carbonyl (C=O) groups is 2. The van der Waals surface area contributed by atoms with Crippen LogP contribution in [0.25, 0.3) is 0 Å². The fourth-order valence-corrected chi connectivity index (χ4v) is 3.90. The number of halogens is 1. The van der Waals surface area contributed by atoms with E-state index < -0.39 is 5.60 Å². The Kier molecular flexibility index (Phi) is 5.70. The van der Waals surface area contributed by atoms with E-state index in [1.54, 1.807) is 0 Å². The summed E-state index contributed by atoms with van der Waals surface area (Å²) in [5.74, 6) is 0.690. The Hall–Kier alpha value is -1.83. The van der Waals surface area contributed by atoms with Crippen LogP contribution in [0.2, 0.25) is 5.28 Å². The molecule has 2 saturated heterocycles. The average molecular weight is 384 g/mol. The zero-order chi connectivity index (χ0) is 18.7. The quantitative estimate of drug-likeness (QED) is 0.814. The van der Waals surface area contributed by atoms with Gasteiger partial charge in [0.25, 0.3) is 0 Å². The molecule has 26 heavy (non-hydrogen) atoms. The van der Waals surface area contributed by atoms with Crippen LogP contribution in [0.3, 0.4) is 0 Å². The number of likely N-dealkylation sites (tertiary alicyclic amines) is 1. The lowest BCUT2D eigenvalue weighted by Gasteiger charge is -2.37. The van der Waals surface area contributed by atoms with Gasteiger partial charge in [-0.25, -0.2) is 9.78 Å². The number of carbonyl (C=O) groups excluding carboxylic acids is 2. The van der Waals surface area contributed by atoms with Gasteiger partial charge in [-0.3, -0.25) is 9.89 Å². The third kappa shape index (κ3) is 4.11. The van der Waals surface area contributed by atoms with Crippen molar-refractivity contribution in [1.82, 2.24) is 25.0 Å². The van der Waals surface area contributed by atoms with E-state index in [-0.39, 0.29) is 23.3 Å². The first-order valence-electron chi connectivity index (χ1n) is 9.26. The minimum Gasteiger partial charge on any atom is -0.441 e. The third-order valence-corrected chi connectivity index (χ3v) is 5.51. The van der Waals surface area contributed by atoms with E-state index in [4.69, 9.17) is 16.3 Å². The number of aromatic nitrogens is 3. The first kappa shape index (κ1) is 18.9. The summed E-state index contributed by atoms with van der Waals surface area (Å²) in [4.78, 5) is 32.3. The summed E-state index contributed by atoms with van der Waals surface area (Å²) in [6.07, 6.45) is 4.02. The van der Waals surface area contributed by atoms with Crippen LogP contribution in [0.5, 0.6) is 0 Å². The topological polar surface area (TPSA) is 91.4 Å². The second-order valence-corrected chi connectivity index (χ2v) is 7.59. The number of amides is 2. The van der Waals surface area contributed by atoms with Gasteiger partial charge in [-0.1, -0.05) is 13.3 Å². The molecule has 0 aliphatic carbocycles. The van der Waals surface area contributed by atoms with Crippen molar-refractivity contribution in [3.05, 3.63) is 11.1 Å². The lowest BCUT2D eigenvalue weighted by Crippen LogP contribution is -2.49. The summed E-state index contributed by atoms with van der Waals surface area (Å²) in [6, 6.07) is 0.195. The van der Waals surface area contributed by atoms with Crippen LogP contribution in [0, 0.1) is 0 Å². The summed E-state index contributed by atoms with van der Waals surface area (Å²) in [5.41, 5.74) is -0.436. The SMILES string of the molecule is CCC[C@H](C)N1CC2(CCN(C(=O)CCc3nc(Cl)n[nH]3)CC2)OC1=O. The zero-order valence-electron chi connectivity index (χ0n) is 15.3. The number of aryl methyl sites for hydroxylation is 1. The minimum absolute atomic E-state index is 0.0768. The summed E-state index contributed by atoms with van der Waals surface area (Å²) in [7, 11) is 0. The number of ether oxygens (including phenoxy) is 1. The highest BCUT2D eigenvalue weighted by Gasteiger charge is 2.48. The van der Waals surface area contributed by atoms with Gasteiger partial charge in [-0.05, 0) is 24.9 Å². The molecule has 0 radical (unpaired) electrons. The monoisotopic (exact) mass is 383 g/mol. The molecule has 1 spiro atoms. The van der Waals surface area contributed by atoms with Gasteiger partial charge in [-0.2, -0.15) is 0 Å². The van der Waals surface area contributed by atoms with Gasteiger partial charge >= 0.3 is 6.09 Å². The predicted octanol–water partition coefficient (Wildman–Crippen LogP) is 2.39. The van der Waals surface area contributed by atoms with E-state index in [9.17, 15) is 9.59 Å². The van der Waals surface area contributed by atoms with Crippen molar-refractivity contribution in [3.63, 3.8) is 0 Å². The highest BCUT2D eigenvalue weighted by Crippen LogP contribution is 2.34. The Bertz CT molecular complexity index is 657. The van der Waals surface area contributed by atoms with Crippen molar-refractivity contribution < 1.29 is 14.3 Å². The molecule has 1 aromatic heterocycles. The zero-order valence-corrected chi connectivity index (χ0v) is 16.1. The predicted molar refractivity (Wildman–Crippen MR) is 95.8 cm³/mol. The molecule has 3 rings (SSSR count). The van der Waals surface area contributed by atoms with E-state index in [0.29, 0.717) is 51.1 Å². The summed E-state index contributed by atoms with van der Waals surface area (Å²) in [5, 5.41) is 6.62. The molecule has 0 aromatic carbocycles. The lowest BCUT2D eigenvalue weighted by atomic mass is 9.90. The normalized spacial score (nSPS) is 20.5. The number of aromatic amines is 1. The molecule has 2 amide bonds. The standard InChI is InChI=1S/C17H26ClN5O3/c1-3-4-12(2)23-11-17(26-16(23)25)7-9-22(10-8-17)14(24)6-5-13-19-15(18)21-20-13/h12H,3-11H2,1-2H3,(H,19,20,21)/t12-/m0/s1. The molecule has 9 heteroatoms. The average Bonchev–Trinajstić information content (AvgIpc) is 3.17. The van der Waals surface area contributed by atoms with Gasteiger partial charge in [0.15, 0.2) is 0 Å². The number of hydrogen-bond donors (Lipinski definition) is 1. The molecule has 8 nitrogen and oxygen atoms in total. The van der Waals surface area contributed by atoms with Gasteiger partial charge in [-0.15, -0.1) is 5.10 Å². The Labute approximate surface area is 158 Å². The van der Waals surface area contributed by atoms with Crippen LogP contribution in [0.15, 0.2) is 0 Å². The first-order valence-corrected chi connectivity index (χ1v) is 9.64. The molecule has 2 aliphatic rings. The number of hydrogen-bond acceptors (Lipinski definition) is 5. The molecule has 2 fully saturated rings. The molecular formula is C17H26ClN5O3. The van der Waals surface area contributed by atoms with Crippen molar-refractivity contribution in [3.8, 4) is 0 Å². The van der Waals surface area contributed by atoms with E-state index >= 15 is 0 Å². The molecule has 2 aliphatic heterocycles. The second kappa shape index (κ2) is 7.82. The number of rotatable bonds is 6. The summed E-state index contributed by atoms with van der Waals surface area (Å²) < 4.78 is 5.74. The van der Waals surface area contributed by atoms with E-state index in [0.717, 1.165) is 12.8 Å². The number of piperidine rings is 1.